The van der Waals surface area contributed by atoms with Crippen molar-refractivity contribution in [1.29, 1.82) is 0 Å². The number of fused-ring (bicyclic) bond motifs is 1. The lowest BCUT2D eigenvalue weighted by atomic mass is 9.90. The van der Waals surface area contributed by atoms with Gasteiger partial charge in [-0.1, -0.05) is 18.2 Å². The molecule has 6 heteroatoms. The Morgan fingerprint density at radius 3 is 2.53 bits per heavy atom. The van der Waals surface area contributed by atoms with Gasteiger partial charge >= 0.3 is 0 Å². The number of likely N-dealkylation sites (tertiary alicyclic amines) is 1. The molecule has 2 aliphatic heterocycles. The van der Waals surface area contributed by atoms with Crippen molar-refractivity contribution in [2.75, 3.05) is 24.7 Å². The maximum absolute atomic E-state index is 12.9. The molecule has 0 unspecified atom stereocenters. The van der Waals surface area contributed by atoms with E-state index in [1.165, 1.54) is 4.90 Å². The molecule has 2 aromatic carbocycles. The summed E-state index contributed by atoms with van der Waals surface area (Å²) < 4.78 is 5.87. The summed E-state index contributed by atoms with van der Waals surface area (Å²) >= 11 is 1.69. The Balaban J connectivity index is 1.14. The van der Waals surface area contributed by atoms with Gasteiger partial charge in [-0.05, 0) is 66.8 Å². The van der Waals surface area contributed by atoms with Gasteiger partial charge in [0, 0.05) is 36.0 Å². The van der Waals surface area contributed by atoms with E-state index in [-0.39, 0.29) is 23.1 Å². The van der Waals surface area contributed by atoms with Crippen LogP contribution < -0.4 is 10.1 Å². The summed E-state index contributed by atoms with van der Waals surface area (Å²) in [5, 5.41) is 3.07. The Morgan fingerprint density at radius 2 is 1.83 bits per heavy atom. The molecule has 5 nitrogen and oxygen atoms in total. The molecule has 30 heavy (non-hydrogen) atoms. The summed E-state index contributed by atoms with van der Waals surface area (Å²) in [7, 11) is 0. The summed E-state index contributed by atoms with van der Waals surface area (Å²) in [4.78, 5) is 28.8. The number of piperidine rings is 1. The molecule has 1 aliphatic carbocycles. The van der Waals surface area contributed by atoms with Crippen LogP contribution in [0.15, 0.2) is 53.4 Å². The first-order valence-electron chi connectivity index (χ1n) is 10.6. The molecule has 1 N–H and O–H groups in total. The van der Waals surface area contributed by atoms with E-state index in [2.05, 4.69) is 5.32 Å². The average Bonchev–Trinajstić information content (AvgIpc) is 3.30. The van der Waals surface area contributed by atoms with Crippen molar-refractivity contribution in [3.63, 3.8) is 0 Å². The topological polar surface area (TPSA) is 58.6 Å². The highest BCUT2D eigenvalue weighted by Crippen LogP contribution is 2.59. The quantitative estimate of drug-likeness (QED) is 0.758. The fraction of sp³-hybridized carbons (Fsp3) is 0.417. The number of ether oxygens (including phenoxy) is 1. The number of hydrogen-bond acceptors (Lipinski definition) is 4. The Hall–Kier alpha value is -2.47. The maximum atomic E-state index is 12.9. The van der Waals surface area contributed by atoms with Crippen LogP contribution in [-0.2, 0) is 16.0 Å². The fourth-order valence-corrected chi connectivity index (χ4v) is 5.28. The van der Waals surface area contributed by atoms with Crippen LogP contribution in [0.5, 0.6) is 5.75 Å². The van der Waals surface area contributed by atoms with Crippen molar-refractivity contribution in [3.8, 4) is 5.75 Å². The van der Waals surface area contributed by atoms with Gasteiger partial charge in [0.1, 0.15) is 5.75 Å². The van der Waals surface area contributed by atoms with Crippen LogP contribution >= 0.6 is 11.8 Å². The minimum Gasteiger partial charge on any atom is -0.480 e. The molecule has 1 saturated carbocycles. The number of carbonyl (C=O) groups excluding carboxylic acids is 2. The van der Waals surface area contributed by atoms with E-state index in [4.69, 9.17) is 4.74 Å². The Kier molecular flexibility index (Phi) is 4.97. The lowest BCUT2D eigenvalue weighted by Gasteiger charge is -2.34. The number of para-hydroxylation sites is 1. The zero-order chi connectivity index (χ0) is 20.7. The molecule has 2 aromatic rings. The fourth-order valence-electron chi connectivity index (χ4n) is 4.87. The standard InChI is InChI=1S/C24H26N2O3S/c1-30-18-8-6-17(7-9-18)25-22(27)19-15-24(19)10-12-26(13-11-24)23(28)21-14-16-4-2-3-5-20(16)29-21/h2-9,19,21H,10-15H2,1H3,(H,25,27)/t19-,21+/m1/s1. The van der Waals surface area contributed by atoms with Gasteiger partial charge in [-0.15, -0.1) is 11.8 Å². The molecule has 2 heterocycles. The monoisotopic (exact) mass is 422 g/mol. The second-order valence-electron chi connectivity index (χ2n) is 8.58. The van der Waals surface area contributed by atoms with Crippen LogP contribution in [0.2, 0.25) is 0 Å². The van der Waals surface area contributed by atoms with Crippen LogP contribution in [0, 0.1) is 11.3 Å². The van der Waals surface area contributed by atoms with Crippen molar-refractivity contribution in [2.45, 2.75) is 36.7 Å². The number of anilines is 1. The van der Waals surface area contributed by atoms with Crippen LogP contribution in [0.1, 0.15) is 24.8 Å². The highest BCUT2D eigenvalue weighted by atomic mass is 32.2. The predicted molar refractivity (Wildman–Crippen MR) is 118 cm³/mol. The van der Waals surface area contributed by atoms with Crippen LogP contribution in [0.3, 0.4) is 0 Å². The van der Waals surface area contributed by atoms with Gasteiger partial charge < -0.3 is 15.0 Å². The number of nitrogens with one attached hydrogen (secondary N) is 1. The smallest absolute Gasteiger partial charge is 0.263 e. The first-order chi connectivity index (χ1) is 14.6. The molecule has 0 aromatic heterocycles. The van der Waals surface area contributed by atoms with E-state index >= 15 is 0 Å². The number of carbonyl (C=O) groups is 2. The van der Waals surface area contributed by atoms with E-state index in [9.17, 15) is 9.59 Å². The molecule has 0 bridgehead atoms. The number of hydrogen-bond donors (Lipinski definition) is 1. The Labute approximate surface area is 181 Å². The highest BCUT2D eigenvalue weighted by Gasteiger charge is 2.59. The van der Waals surface area contributed by atoms with Gasteiger partial charge in [0.05, 0.1) is 0 Å². The summed E-state index contributed by atoms with van der Waals surface area (Å²) in [6.45, 7) is 1.42. The van der Waals surface area contributed by atoms with Gasteiger partial charge in [-0.3, -0.25) is 9.59 Å². The zero-order valence-corrected chi connectivity index (χ0v) is 17.9. The molecule has 2 atom stereocenters. The second kappa shape index (κ2) is 7.65. The summed E-state index contributed by atoms with van der Waals surface area (Å²) in [6.07, 6.45) is 4.99. The molecule has 0 radical (unpaired) electrons. The number of thioether (sulfide) groups is 1. The average molecular weight is 423 g/mol. The third-order valence-corrected chi connectivity index (χ3v) is 7.60. The largest absolute Gasteiger partial charge is 0.480 e. The van der Waals surface area contributed by atoms with Crippen molar-refractivity contribution in [1.82, 2.24) is 4.90 Å². The summed E-state index contributed by atoms with van der Waals surface area (Å²) in [5.74, 6) is 1.08. The molecular weight excluding hydrogens is 396 g/mol. The zero-order valence-electron chi connectivity index (χ0n) is 17.1. The first kappa shape index (κ1) is 19.5. The van der Waals surface area contributed by atoms with Gasteiger partial charge in [-0.2, -0.15) is 0 Å². The Bertz CT molecular complexity index is 942. The van der Waals surface area contributed by atoms with Gasteiger partial charge in [0.25, 0.3) is 5.91 Å². The normalized spacial score (nSPS) is 23.6. The minimum atomic E-state index is -0.404. The van der Waals surface area contributed by atoms with Crippen molar-refractivity contribution in [2.24, 2.45) is 11.3 Å². The molecule has 156 valence electrons. The third kappa shape index (κ3) is 3.58. The molecule has 2 fully saturated rings. The van der Waals surface area contributed by atoms with Gasteiger partial charge in [0.2, 0.25) is 5.91 Å². The Morgan fingerprint density at radius 1 is 1.10 bits per heavy atom. The first-order valence-corrected chi connectivity index (χ1v) is 11.8. The van der Waals surface area contributed by atoms with E-state index < -0.39 is 6.10 Å². The van der Waals surface area contributed by atoms with Crippen molar-refractivity contribution in [3.05, 3.63) is 54.1 Å². The summed E-state index contributed by atoms with van der Waals surface area (Å²) in [5.41, 5.74) is 2.03. The third-order valence-electron chi connectivity index (χ3n) is 6.86. The lowest BCUT2D eigenvalue weighted by Crippen LogP contribution is -2.46. The molecule has 5 rings (SSSR count). The summed E-state index contributed by atoms with van der Waals surface area (Å²) in [6, 6.07) is 15.8. The maximum Gasteiger partial charge on any atom is 0.263 e. The highest BCUT2D eigenvalue weighted by molar-refractivity contribution is 7.98. The van der Waals surface area contributed by atoms with E-state index in [0.717, 1.165) is 36.3 Å². The lowest BCUT2D eigenvalue weighted by molar-refractivity contribution is -0.139. The number of amides is 2. The van der Waals surface area contributed by atoms with Crippen molar-refractivity contribution >= 4 is 29.3 Å². The van der Waals surface area contributed by atoms with E-state index in [0.29, 0.717) is 19.5 Å². The van der Waals surface area contributed by atoms with Crippen LogP contribution in [-0.4, -0.2) is 42.2 Å². The molecule has 3 aliphatic rings. The number of nitrogens with zero attached hydrogens (tertiary/aromatic N) is 1. The minimum absolute atomic E-state index is 0.0574. The second-order valence-corrected chi connectivity index (χ2v) is 9.46. The predicted octanol–water partition coefficient (Wildman–Crippen LogP) is 3.98. The van der Waals surface area contributed by atoms with Crippen LogP contribution in [0.4, 0.5) is 5.69 Å². The SMILES string of the molecule is CSc1ccc(NC(=O)[C@H]2CC23CCN(C(=O)[C@@H]2Cc4ccccc4O2)CC3)cc1. The molecule has 2 amide bonds. The van der Waals surface area contributed by atoms with Gasteiger partial charge in [0.15, 0.2) is 6.10 Å². The molecular formula is C24H26N2O3S. The molecule has 1 saturated heterocycles. The molecule has 1 spiro atoms. The van der Waals surface area contributed by atoms with Crippen LogP contribution in [0.25, 0.3) is 0 Å². The van der Waals surface area contributed by atoms with Gasteiger partial charge in [-0.25, -0.2) is 0 Å². The van der Waals surface area contributed by atoms with Crippen molar-refractivity contribution < 1.29 is 14.3 Å². The van der Waals surface area contributed by atoms with E-state index in [1.807, 2.05) is 59.7 Å². The number of benzene rings is 2. The van der Waals surface area contributed by atoms with E-state index in [1.54, 1.807) is 11.8 Å². The number of rotatable bonds is 4.